The highest BCUT2D eigenvalue weighted by atomic mass is 32.1. The average molecular weight is 366 g/mol. The van der Waals surface area contributed by atoms with Crippen LogP contribution in [-0.4, -0.2) is 23.5 Å². The van der Waals surface area contributed by atoms with E-state index < -0.39 is 12.0 Å². The number of hydrogen-bond acceptors (Lipinski definition) is 4. The Morgan fingerprint density at radius 3 is 2.27 bits per heavy atom. The molecule has 1 aliphatic heterocycles. The van der Waals surface area contributed by atoms with E-state index in [1.54, 1.807) is 31.2 Å². The second-order valence-corrected chi connectivity index (χ2v) is 6.05. The third-order valence-electron chi connectivity index (χ3n) is 3.97. The van der Waals surface area contributed by atoms with E-state index in [0.717, 1.165) is 5.56 Å². The third kappa shape index (κ3) is 3.65. The van der Waals surface area contributed by atoms with Crippen molar-refractivity contribution in [2.24, 2.45) is 0 Å². The maximum absolute atomic E-state index is 13.2. The van der Waals surface area contributed by atoms with Crippen molar-refractivity contribution in [1.82, 2.24) is 10.6 Å². The van der Waals surface area contributed by atoms with Crippen LogP contribution in [-0.2, 0) is 9.53 Å². The van der Waals surface area contributed by atoms with Gasteiger partial charge in [-0.05, 0) is 24.7 Å². The number of carbonyl (C=O) groups excluding carboxylic acids is 2. The van der Waals surface area contributed by atoms with E-state index in [9.17, 15) is 9.59 Å². The van der Waals surface area contributed by atoms with Crippen molar-refractivity contribution in [3.05, 3.63) is 83.1 Å². The molecule has 0 unspecified atom stereocenters. The lowest BCUT2D eigenvalue weighted by atomic mass is 9.89. The highest BCUT2D eigenvalue weighted by Crippen LogP contribution is 2.30. The molecule has 2 aromatic carbocycles. The van der Waals surface area contributed by atoms with E-state index >= 15 is 0 Å². The van der Waals surface area contributed by atoms with Gasteiger partial charge in [0.05, 0.1) is 18.2 Å². The predicted octanol–water partition coefficient (Wildman–Crippen LogP) is 2.91. The van der Waals surface area contributed by atoms with Crippen molar-refractivity contribution in [3.63, 3.8) is 0 Å². The van der Waals surface area contributed by atoms with E-state index in [0.29, 0.717) is 5.56 Å². The van der Waals surface area contributed by atoms with Gasteiger partial charge in [-0.25, -0.2) is 4.79 Å². The summed E-state index contributed by atoms with van der Waals surface area (Å²) in [5, 5.41) is 6.17. The number of ether oxygens (including phenoxy) is 1. The summed E-state index contributed by atoms with van der Waals surface area (Å²) in [6.45, 7) is 1.91. The smallest absolute Gasteiger partial charge is 0.355 e. The number of thiocarbonyl (C=S) groups is 1. The van der Waals surface area contributed by atoms with Gasteiger partial charge in [0.2, 0.25) is 0 Å². The zero-order valence-electron chi connectivity index (χ0n) is 14.2. The van der Waals surface area contributed by atoms with Crippen LogP contribution in [0.3, 0.4) is 0 Å². The molecule has 132 valence electrons. The van der Waals surface area contributed by atoms with Gasteiger partial charge in [0.1, 0.15) is 5.70 Å². The molecule has 0 fully saturated rings. The van der Waals surface area contributed by atoms with Gasteiger partial charge in [-0.1, -0.05) is 60.7 Å². The van der Waals surface area contributed by atoms with Crippen molar-refractivity contribution >= 4 is 29.1 Å². The molecule has 0 amide bonds. The molecule has 0 bridgehead atoms. The van der Waals surface area contributed by atoms with Crippen LogP contribution in [0, 0.1) is 0 Å². The minimum absolute atomic E-state index is 0.0818. The van der Waals surface area contributed by atoms with E-state index in [2.05, 4.69) is 10.6 Å². The molecular weight excluding hydrogens is 348 g/mol. The lowest BCUT2D eigenvalue weighted by molar-refractivity contribution is -0.138. The second kappa shape index (κ2) is 7.93. The van der Waals surface area contributed by atoms with Crippen LogP contribution in [0.25, 0.3) is 0 Å². The molecule has 0 aromatic heterocycles. The lowest BCUT2D eigenvalue weighted by Crippen LogP contribution is -2.47. The Morgan fingerprint density at radius 2 is 1.65 bits per heavy atom. The van der Waals surface area contributed by atoms with Gasteiger partial charge in [0.15, 0.2) is 10.9 Å². The van der Waals surface area contributed by atoms with Gasteiger partial charge in [-0.2, -0.15) is 0 Å². The van der Waals surface area contributed by atoms with Crippen LogP contribution < -0.4 is 10.6 Å². The van der Waals surface area contributed by atoms with Crippen LogP contribution in [0.5, 0.6) is 0 Å². The number of hydrogen-bond donors (Lipinski definition) is 2. The van der Waals surface area contributed by atoms with Crippen molar-refractivity contribution < 1.29 is 14.3 Å². The molecule has 0 aliphatic carbocycles. The zero-order chi connectivity index (χ0) is 18.5. The van der Waals surface area contributed by atoms with Gasteiger partial charge >= 0.3 is 5.97 Å². The summed E-state index contributed by atoms with van der Waals surface area (Å²) in [6.07, 6.45) is 0. The number of esters is 1. The van der Waals surface area contributed by atoms with Crippen LogP contribution >= 0.6 is 12.2 Å². The maximum Gasteiger partial charge on any atom is 0.355 e. The summed E-state index contributed by atoms with van der Waals surface area (Å²) >= 11 is 5.24. The Balaban J connectivity index is 2.16. The van der Waals surface area contributed by atoms with E-state index in [1.807, 2.05) is 36.4 Å². The van der Waals surface area contributed by atoms with Gasteiger partial charge in [0, 0.05) is 5.56 Å². The number of carbonyl (C=O) groups is 2. The fourth-order valence-electron chi connectivity index (χ4n) is 2.81. The number of rotatable bonds is 5. The number of ketones is 1. The Hall–Kier alpha value is -2.99. The van der Waals surface area contributed by atoms with Crippen LogP contribution in [0.2, 0.25) is 0 Å². The highest BCUT2D eigenvalue weighted by Gasteiger charge is 2.35. The van der Waals surface area contributed by atoms with Crippen molar-refractivity contribution in [2.75, 3.05) is 6.61 Å². The Morgan fingerprint density at radius 1 is 1.04 bits per heavy atom. The van der Waals surface area contributed by atoms with E-state index in [4.69, 9.17) is 17.0 Å². The fraction of sp³-hybridized carbons (Fsp3) is 0.150. The highest BCUT2D eigenvalue weighted by molar-refractivity contribution is 7.80. The Labute approximate surface area is 157 Å². The standard InChI is InChI=1S/C20H18N2O3S/c1-2-25-19(24)17-15(18(23)14-11-7-4-8-12-14)16(21-20(26)22-17)13-9-5-3-6-10-13/h3-12,16H,2H2,1H3,(H2,21,22,26)/t16-/m0/s1. The van der Waals surface area contributed by atoms with E-state index in [-0.39, 0.29) is 28.8 Å². The first kappa shape index (κ1) is 17.8. The summed E-state index contributed by atoms with van der Waals surface area (Å²) in [4.78, 5) is 25.7. The first-order valence-corrected chi connectivity index (χ1v) is 8.66. The average Bonchev–Trinajstić information content (AvgIpc) is 2.68. The fourth-order valence-corrected chi connectivity index (χ4v) is 3.03. The first-order chi connectivity index (χ1) is 12.6. The minimum Gasteiger partial charge on any atom is -0.461 e. The third-order valence-corrected chi connectivity index (χ3v) is 4.18. The summed E-state index contributed by atoms with van der Waals surface area (Å²) in [5.74, 6) is -0.860. The molecule has 2 aromatic rings. The summed E-state index contributed by atoms with van der Waals surface area (Å²) in [7, 11) is 0. The summed E-state index contributed by atoms with van der Waals surface area (Å²) < 4.78 is 5.13. The number of nitrogens with one attached hydrogen (secondary N) is 2. The van der Waals surface area contributed by atoms with Crippen LogP contribution in [0.1, 0.15) is 28.9 Å². The van der Waals surface area contributed by atoms with Crippen molar-refractivity contribution in [2.45, 2.75) is 13.0 Å². The molecular formula is C20H18N2O3S. The normalized spacial score (nSPS) is 16.5. The minimum atomic E-state index is -0.600. The van der Waals surface area contributed by atoms with Gasteiger partial charge in [0.25, 0.3) is 0 Å². The summed E-state index contributed by atoms with van der Waals surface area (Å²) in [5.41, 5.74) is 1.69. The van der Waals surface area contributed by atoms with Gasteiger partial charge in [-0.3, -0.25) is 4.79 Å². The molecule has 1 atom stereocenters. The molecule has 0 saturated heterocycles. The molecule has 0 saturated carbocycles. The molecule has 2 N–H and O–H groups in total. The summed E-state index contributed by atoms with van der Waals surface area (Å²) in [6, 6.07) is 17.7. The lowest BCUT2D eigenvalue weighted by Gasteiger charge is -2.30. The first-order valence-electron chi connectivity index (χ1n) is 8.25. The largest absolute Gasteiger partial charge is 0.461 e. The Kier molecular flexibility index (Phi) is 5.43. The SMILES string of the molecule is CCOC(=O)C1=C(C(=O)c2ccccc2)[C@H](c2ccccc2)NC(=S)N1. The molecule has 0 radical (unpaired) electrons. The van der Waals surface area contributed by atoms with Crippen molar-refractivity contribution in [1.29, 1.82) is 0 Å². The molecule has 0 spiro atoms. The molecule has 1 heterocycles. The predicted molar refractivity (Wildman–Crippen MR) is 102 cm³/mol. The van der Waals surface area contributed by atoms with Gasteiger partial charge in [-0.15, -0.1) is 0 Å². The van der Waals surface area contributed by atoms with Crippen LogP contribution in [0.15, 0.2) is 71.9 Å². The topological polar surface area (TPSA) is 67.4 Å². The molecule has 5 nitrogen and oxygen atoms in total. The number of benzene rings is 2. The number of Topliss-reactive ketones (excluding diaryl/α,β-unsaturated/α-hetero) is 1. The molecule has 1 aliphatic rings. The molecule has 26 heavy (non-hydrogen) atoms. The van der Waals surface area contributed by atoms with Crippen molar-refractivity contribution in [3.8, 4) is 0 Å². The molecule has 6 heteroatoms. The van der Waals surface area contributed by atoms with Crippen LogP contribution in [0.4, 0.5) is 0 Å². The maximum atomic E-state index is 13.2. The van der Waals surface area contributed by atoms with E-state index in [1.165, 1.54) is 0 Å². The molecule has 3 rings (SSSR count). The quantitative estimate of drug-likeness (QED) is 0.482. The monoisotopic (exact) mass is 366 g/mol. The Bertz CT molecular complexity index is 863. The zero-order valence-corrected chi connectivity index (χ0v) is 15.0. The van der Waals surface area contributed by atoms with Gasteiger partial charge < -0.3 is 15.4 Å². The second-order valence-electron chi connectivity index (χ2n) is 5.65.